The predicted molar refractivity (Wildman–Crippen MR) is 154 cm³/mol. The molecule has 5 aromatic rings. The Morgan fingerprint density at radius 1 is 0.944 bits per heavy atom. The normalized spacial score (nSPS) is 11.7. The van der Waals surface area contributed by atoms with E-state index in [0.29, 0.717) is 10.0 Å². The summed E-state index contributed by atoms with van der Waals surface area (Å²) in [5.41, 5.74) is 5.59. The second-order valence-electron chi connectivity index (χ2n) is 8.95. The lowest BCUT2D eigenvalue weighted by atomic mass is 9.85. The van der Waals surface area contributed by atoms with Crippen LogP contribution in [-0.4, -0.2) is 20.0 Å². The van der Waals surface area contributed by atoms with Crippen LogP contribution >= 0.6 is 50.5 Å². The Morgan fingerprint density at radius 3 is 2.33 bits per heavy atom. The van der Waals surface area contributed by atoms with Crippen LogP contribution in [0.3, 0.4) is 0 Å². The van der Waals surface area contributed by atoms with Crippen molar-refractivity contribution >= 4 is 50.5 Å². The molecule has 0 aliphatic rings. The Bertz CT molecular complexity index is 1530. The van der Waals surface area contributed by atoms with Gasteiger partial charge in [-0.05, 0) is 56.2 Å². The second kappa shape index (κ2) is 10.1. The highest BCUT2D eigenvalue weighted by Crippen LogP contribution is 2.40. The van der Waals surface area contributed by atoms with Crippen molar-refractivity contribution in [2.24, 2.45) is 0 Å². The molecule has 0 bridgehead atoms. The number of aromatic nitrogens is 4. The third kappa shape index (κ3) is 4.63. The molecule has 2 heterocycles. The smallest absolute Gasteiger partial charge is 0.168 e. The van der Waals surface area contributed by atoms with Gasteiger partial charge in [-0.15, -0.1) is 10.2 Å². The summed E-state index contributed by atoms with van der Waals surface area (Å²) in [5.74, 6) is 0. The van der Waals surface area contributed by atoms with Gasteiger partial charge in [0.15, 0.2) is 5.01 Å². The van der Waals surface area contributed by atoms with E-state index >= 15 is 0 Å². The van der Waals surface area contributed by atoms with E-state index in [9.17, 15) is 0 Å². The Balaban J connectivity index is 1.70. The lowest BCUT2D eigenvalue weighted by Crippen LogP contribution is -2.18. The third-order valence-corrected chi connectivity index (χ3v) is 8.57. The fourth-order valence-corrected chi connectivity index (χ4v) is 5.97. The molecule has 182 valence electrons. The minimum Gasteiger partial charge on any atom is -0.231 e. The van der Waals surface area contributed by atoms with Crippen molar-refractivity contribution in [3.8, 4) is 27.6 Å². The van der Waals surface area contributed by atoms with Crippen molar-refractivity contribution < 1.29 is 0 Å². The zero-order valence-corrected chi connectivity index (χ0v) is 23.9. The molecule has 8 heteroatoms. The van der Waals surface area contributed by atoms with Crippen LogP contribution in [0.15, 0.2) is 77.3 Å². The van der Waals surface area contributed by atoms with Crippen molar-refractivity contribution in [3.63, 3.8) is 0 Å². The maximum absolute atomic E-state index is 6.65. The first-order valence-corrected chi connectivity index (χ1v) is 13.9. The SMILES string of the molecule is CCc1c(-c2nnc(C(C)(C)c3ccccc3)s2)nn(-c2ccc(Cl)cc2Cl)c1-c1ccc(Br)cc1. The lowest BCUT2D eigenvalue weighted by Gasteiger charge is -2.21. The van der Waals surface area contributed by atoms with Crippen molar-refractivity contribution in [1.82, 2.24) is 20.0 Å². The molecule has 0 N–H and O–H groups in total. The highest BCUT2D eigenvalue weighted by atomic mass is 79.9. The zero-order valence-electron chi connectivity index (χ0n) is 20.0. The monoisotopic (exact) mass is 596 g/mol. The van der Waals surface area contributed by atoms with Gasteiger partial charge in [0, 0.05) is 26.0 Å². The van der Waals surface area contributed by atoms with Crippen LogP contribution in [0, 0.1) is 0 Å². The average Bonchev–Trinajstić information content (AvgIpc) is 3.51. The van der Waals surface area contributed by atoms with Gasteiger partial charge in [-0.1, -0.05) is 99.9 Å². The van der Waals surface area contributed by atoms with Gasteiger partial charge in [-0.3, -0.25) is 0 Å². The van der Waals surface area contributed by atoms with Gasteiger partial charge in [-0.25, -0.2) is 4.68 Å². The maximum Gasteiger partial charge on any atom is 0.168 e. The summed E-state index contributed by atoms with van der Waals surface area (Å²) in [4.78, 5) is 0. The molecule has 0 aliphatic heterocycles. The summed E-state index contributed by atoms with van der Waals surface area (Å²) >= 11 is 18.0. The van der Waals surface area contributed by atoms with E-state index in [1.807, 2.05) is 35.0 Å². The highest BCUT2D eigenvalue weighted by Gasteiger charge is 2.30. The van der Waals surface area contributed by atoms with Gasteiger partial charge in [0.25, 0.3) is 0 Å². The van der Waals surface area contributed by atoms with E-state index in [-0.39, 0.29) is 5.41 Å². The summed E-state index contributed by atoms with van der Waals surface area (Å²) in [6.45, 7) is 6.48. The molecule has 0 fully saturated rings. The molecule has 0 unspecified atom stereocenters. The number of nitrogens with zero attached hydrogens (tertiary/aromatic N) is 4. The largest absolute Gasteiger partial charge is 0.231 e. The van der Waals surface area contributed by atoms with Crippen LogP contribution in [0.1, 0.15) is 36.9 Å². The molecule has 0 aliphatic carbocycles. The van der Waals surface area contributed by atoms with Crippen LogP contribution in [0.5, 0.6) is 0 Å². The first kappa shape index (κ1) is 25.2. The molecule has 0 radical (unpaired) electrons. The van der Waals surface area contributed by atoms with Crippen LogP contribution in [-0.2, 0) is 11.8 Å². The Hall–Kier alpha value is -2.51. The van der Waals surface area contributed by atoms with E-state index < -0.39 is 0 Å². The molecule has 0 saturated carbocycles. The molecule has 0 atom stereocenters. The van der Waals surface area contributed by atoms with Crippen LogP contribution in [0.4, 0.5) is 0 Å². The first-order valence-electron chi connectivity index (χ1n) is 11.5. The number of benzene rings is 3. The molecule has 2 aromatic heterocycles. The molecule has 36 heavy (non-hydrogen) atoms. The van der Waals surface area contributed by atoms with Gasteiger partial charge in [-0.2, -0.15) is 5.10 Å². The Kier molecular flexibility index (Phi) is 7.05. The fourth-order valence-electron chi connectivity index (χ4n) is 4.24. The summed E-state index contributed by atoms with van der Waals surface area (Å²) < 4.78 is 2.91. The Morgan fingerprint density at radius 2 is 1.67 bits per heavy atom. The third-order valence-electron chi connectivity index (χ3n) is 6.25. The van der Waals surface area contributed by atoms with Crippen molar-refractivity contribution in [2.45, 2.75) is 32.6 Å². The summed E-state index contributed by atoms with van der Waals surface area (Å²) in [7, 11) is 0. The molecule has 5 rings (SSSR count). The molecule has 0 saturated heterocycles. The van der Waals surface area contributed by atoms with Gasteiger partial charge in [0.1, 0.15) is 10.7 Å². The van der Waals surface area contributed by atoms with E-state index in [1.54, 1.807) is 17.4 Å². The fraction of sp³-hybridized carbons (Fsp3) is 0.179. The number of hydrogen-bond donors (Lipinski definition) is 0. The van der Waals surface area contributed by atoms with Gasteiger partial charge >= 0.3 is 0 Å². The number of halogens is 3. The van der Waals surface area contributed by atoms with Crippen LogP contribution in [0.25, 0.3) is 27.6 Å². The van der Waals surface area contributed by atoms with Crippen molar-refractivity contribution in [3.05, 3.63) is 103 Å². The summed E-state index contributed by atoms with van der Waals surface area (Å²) in [6, 6.07) is 24.1. The van der Waals surface area contributed by atoms with Gasteiger partial charge in [0.05, 0.1) is 16.4 Å². The molecular weight excluding hydrogens is 575 g/mol. The van der Waals surface area contributed by atoms with E-state index in [0.717, 1.165) is 49.1 Å². The minimum atomic E-state index is -0.278. The number of hydrogen-bond acceptors (Lipinski definition) is 4. The average molecular weight is 598 g/mol. The first-order chi connectivity index (χ1) is 17.3. The van der Waals surface area contributed by atoms with E-state index in [4.69, 9.17) is 28.3 Å². The quantitative estimate of drug-likeness (QED) is 0.196. The van der Waals surface area contributed by atoms with Gasteiger partial charge in [0.2, 0.25) is 0 Å². The second-order valence-corrected chi connectivity index (χ2v) is 11.7. The van der Waals surface area contributed by atoms with Crippen molar-refractivity contribution in [2.75, 3.05) is 0 Å². The summed E-state index contributed by atoms with van der Waals surface area (Å²) in [5, 5.41) is 17.1. The predicted octanol–water partition coefficient (Wildman–Crippen LogP) is 9.02. The van der Waals surface area contributed by atoms with Crippen LogP contribution in [0.2, 0.25) is 10.0 Å². The highest BCUT2D eigenvalue weighted by molar-refractivity contribution is 9.10. The van der Waals surface area contributed by atoms with Gasteiger partial charge < -0.3 is 0 Å². The number of rotatable bonds is 6. The molecular formula is C28H23BrCl2N4S. The van der Waals surface area contributed by atoms with E-state index in [2.05, 4.69) is 83.3 Å². The molecule has 0 spiro atoms. The zero-order chi connectivity index (χ0) is 25.4. The van der Waals surface area contributed by atoms with Crippen molar-refractivity contribution in [1.29, 1.82) is 0 Å². The molecule has 4 nitrogen and oxygen atoms in total. The topological polar surface area (TPSA) is 43.6 Å². The standard InChI is InChI=1S/C28H23BrCl2N4S/c1-4-21-24(26-32-33-27(36-26)28(2,3)18-8-6-5-7-9-18)34-35(23-15-14-20(30)16-22(23)31)25(21)17-10-12-19(29)13-11-17/h5-16H,4H2,1-3H3. The maximum atomic E-state index is 6.65. The summed E-state index contributed by atoms with van der Waals surface area (Å²) in [6.07, 6.45) is 0.767. The Labute approximate surface area is 233 Å². The molecule has 3 aromatic carbocycles. The lowest BCUT2D eigenvalue weighted by molar-refractivity contribution is 0.626. The van der Waals surface area contributed by atoms with E-state index in [1.165, 1.54) is 5.56 Å². The minimum absolute atomic E-state index is 0.278. The van der Waals surface area contributed by atoms with Crippen LogP contribution < -0.4 is 0 Å². The molecule has 0 amide bonds.